The highest BCUT2D eigenvalue weighted by molar-refractivity contribution is 8.00. The molecular formula is C13H26N6OS. The molecule has 0 aliphatic rings. The highest BCUT2D eigenvalue weighted by Crippen LogP contribution is 2.20. The van der Waals surface area contributed by atoms with E-state index in [-0.39, 0.29) is 16.7 Å². The number of amides is 1. The molecule has 1 unspecified atom stereocenters. The molecule has 1 atom stereocenters. The van der Waals surface area contributed by atoms with E-state index in [0.29, 0.717) is 17.7 Å². The summed E-state index contributed by atoms with van der Waals surface area (Å²) in [6.45, 7) is 13.4. The third-order valence-corrected chi connectivity index (χ3v) is 3.60. The van der Waals surface area contributed by atoms with E-state index in [0.717, 1.165) is 6.54 Å². The number of tetrazole rings is 1. The Morgan fingerprint density at radius 3 is 2.57 bits per heavy atom. The van der Waals surface area contributed by atoms with Gasteiger partial charge in [0.05, 0.1) is 11.8 Å². The molecule has 8 heteroatoms. The molecule has 0 spiro atoms. The average Bonchev–Trinajstić information content (AvgIpc) is 2.74. The number of aromatic nitrogens is 4. The Balaban J connectivity index is 2.54. The Hall–Kier alpha value is -1.15. The standard InChI is InChI=1S/C13H26N6OS/c1-9(2)14-7-8-19-12(16-17-18-19)21-10(3)11(20)15-13(4,5)6/h9-10,14H,7-8H2,1-6H3,(H,15,20). The van der Waals surface area contributed by atoms with Crippen LogP contribution in [0.4, 0.5) is 0 Å². The lowest BCUT2D eigenvalue weighted by Gasteiger charge is -2.22. The van der Waals surface area contributed by atoms with E-state index < -0.39 is 0 Å². The molecule has 1 aromatic rings. The first-order chi connectivity index (χ1) is 9.69. The second-order valence-electron chi connectivity index (χ2n) is 6.29. The van der Waals surface area contributed by atoms with Gasteiger partial charge in [0, 0.05) is 18.1 Å². The van der Waals surface area contributed by atoms with Gasteiger partial charge in [-0.2, -0.15) is 0 Å². The topological polar surface area (TPSA) is 84.7 Å². The molecule has 0 saturated carbocycles. The molecular weight excluding hydrogens is 288 g/mol. The van der Waals surface area contributed by atoms with Crippen LogP contribution in [0.3, 0.4) is 0 Å². The summed E-state index contributed by atoms with van der Waals surface area (Å²) in [7, 11) is 0. The van der Waals surface area contributed by atoms with E-state index in [1.807, 2.05) is 27.7 Å². The molecule has 120 valence electrons. The quantitative estimate of drug-likeness (QED) is 0.732. The van der Waals surface area contributed by atoms with Crippen molar-refractivity contribution in [1.29, 1.82) is 0 Å². The Labute approximate surface area is 130 Å². The van der Waals surface area contributed by atoms with E-state index >= 15 is 0 Å². The molecule has 0 fully saturated rings. The third-order valence-electron chi connectivity index (χ3n) is 2.52. The number of thioether (sulfide) groups is 1. The van der Waals surface area contributed by atoms with Crippen LogP contribution in [0.5, 0.6) is 0 Å². The molecule has 7 nitrogen and oxygen atoms in total. The number of hydrogen-bond donors (Lipinski definition) is 2. The maximum Gasteiger partial charge on any atom is 0.233 e. The minimum Gasteiger partial charge on any atom is -0.351 e. The van der Waals surface area contributed by atoms with Gasteiger partial charge in [-0.1, -0.05) is 25.6 Å². The minimum atomic E-state index is -0.243. The Bertz CT molecular complexity index is 454. The normalized spacial score (nSPS) is 13.5. The summed E-state index contributed by atoms with van der Waals surface area (Å²) in [6.07, 6.45) is 0. The van der Waals surface area contributed by atoms with Gasteiger partial charge in [0.15, 0.2) is 0 Å². The average molecular weight is 314 g/mol. The second kappa shape index (κ2) is 7.74. The number of hydrogen-bond acceptors (Lipinski definition) is 6. The van der Waals surface area contributed by atoms with Gasteiger partial charge >= 0.3 is 0 Å². The van der Waals surface area contributed by atoms with Crippen molar-refractivity contribution < 1.29 is 4.79 Å². The summed E-state index contributed by atoms with van der Waals surface area (Å²) in [5.74, 6) is -0.0117. The highest BCUT2D eigenvalue weighted by atomic mass is 32.2. The van der Waals surface area contributed by atoms with Crippen LogP contribution >= 0.6 is 11.8 Å². The highest BCUT2D eigenvalue weighted by Gasteiger charge is 2.22. The maximum atomic E-state index is 12.1. The number of nitrogens with zero attached hydrogens (tertiary/aromatic N) is 4. The van der Waals surface area contributed by atoms with Crippen LogP contribution in [0.15, 0.2) is 5.16 Å². The number of rotatable bonds is 7. The maximum absolute atomic E-state index is 12.1. The fourth-order valence-electron chi connectivity index (χ4n) is 1.56. The van der Waals surface area contributed by atoms with Crippen LogP contribution in [0, 0.1) is 0 Å². The first kappa shape index (κ1) is 17.9. The van der Waals surface area contributed by atoms with Crippen LogP contribution in [0.25, 0.3) is 0 Å². The number of carbonyl (C=O) groups excluding carboxylic acids is 1. The lowest BCUT2D eigenvalue weighted by atomic mass is 10.1. The smallest absolute Gasteiger partial charge is 0.233 e. The van der Waals surface area contributed by atoms with Crippen LogP contribution in [-0.4, -0.2) is 49.5 Å². The molecule has 21 heavy (non-hydrogen) atoms. The zero-order valence-electron chi connectivity index (χ0n) is 13.7. The van der Waals surface area contributed by atoms with E-state index in [4.69, 9.17) is 0 Å². The minimum absolute atomic E-state index is 0.0117. The van der Waals surface area contributed by atoms with Gasteiger partial charge in [0.2, 0.25) is 11.1 Å². The lowest BCUT2D eigenvalue weighted by Crippen LogP contribution is -2.44. The molecule has 0 bridgehead atoms. The van der Waals surface area contributed by atoms with Crippen molar-refractivity contribution in [3.8, 4) is 0 Å². The van der Waals surface area contributed by atoms with E-state index in [1.165, 1.54) is 11.8 Å². The molecule has 0 radical (unpaired) electrons. The van der Waals surface area contributed by atoms with Crippen molar-refractivity contribution >= 4 is 17.7 Å². The predicted octanol–water partition coefficient (Wildman–Crippen LogP) is 1.07. The molecule has 1 aromatic heterocycles. The largest absolute Gasteiger partial charge is 0.351 e. The van der Waals surface area contributed by atoms with Gasteiger partial charge in [-0.05, 0) is 38.1 Å². The first-order valence-electron chi connectivity index (χ1n) is 7.17. The van der Waals surface area contributed by atoms with Gasteiger partial charge in [0.25, 0.3) is 0 Å². The molecule has 0 aromatic carbocycles. The predicted molar refractivity (Wildman–Crippen MR) is 84.2 cm³/mol. The fourth-order valence-corrected chi connectivity index (χ4v) is 2.38. The summed E-state index contributed by atoms with van der Waals surface area (Å²) >= 11 is 1.37. The number of nitrogens with one attached hydrogen (secondary N) is 2. The summed E-state index contributed by atoms with van der Waals surface area (Å²) in [5.41, 5.74) is -0.237. The Morgan fingerprint density at radius 1 is 1.33 bits per heavy atom. The van der Waals surface area contributed by atoms with Crippen LogP contribution in [-0.2, 0) is 11.3 Å². The molecule has 0 aliphatic carbocycles. The summed E-state index contributed by atoms with van der Waals surface area (Å²) in [4.78, 5) is 12.1. The van der Waals surface area contributed by atoms with Crippen molar-refractivity contribution in [2.24, 2.45) is 0 Å². The van der Waals surface area contributed by atoms with Gasteiger partial charge in [-0.3, -0.25) is 4.79 Å². The van der Waals surface area contributed by atoms with Crippen molar-refractivity contribution in [3.05, 3.63) is 0 Å². The van der Waals surface area contributed by atoms with E-state index in [9.17, 15) is 4.79 Å². The monoisotopic (exact) mass is 314 g/mol. The van der Waals surface area contributed by atoms with Gasteiger partial charge in [-0.25, -0.2) is 4.68 Å². The molecule has 2 N–H and O–H groups in total. The number of carbonyl (C=O) groups is 1. The molecule has 0 aliphatic heterocycles. The van der Waals surface area contributed by atoms with Crippen molar-refractivity contribution in [3.63, 3.8) is 0 Å². The van der Waals surface area contributed by atoms with Gasteiger partial charge < -0.3 is 10.6 Å². The van der Waals surface area contributed by atoms with Crippen molar-refractivity contribution in [1.82, 2.24) is 30.8 Å². The van der Waals surface area contributed by atoms with Crippen molar-refractivity contribution in [2.75, 3.05) is 6.54 Å². The lowest BCUT2D eigenvalue weighted by molar-refractivity contribution is -0.121. The Kier molecular flexibility index (Phi) is 6.60. The first-order valence-corrected chi connectivity index (χ1v) is 8.05. The third kappa shape index (κ3) is 6.90. The van der Waals surface area contributed by atoms with Crippen LogP contribution in [0.2, 0.25) is 0 Å². The SMILES string of the molecule is CC(C)NCCn1nnnc1SC(C)C(=O)NC(C)(C)C. The van der Waals surface area contributed by atoms with Gasteiger partial charge in [0.1, 0.15) is 0 Å². The Morgan fingerprint density at radius 2 is 2.00 bits per heavy atom. The van der Waals surface area contributed by atoms with Gasteiger partial charge in [-0.15, -0.1) is 5.10 Å². The van der Waals surface area contributed by atoms with E-state index in [2.05, 4.69) is 40.0 Å². The zero-order chi connectivity index (χ0) is 16.0. The van der Waals surface area contributed by atoms with Crippen LogP contribution in [0.1, 0.15) is 41.5 Å². The summed E-state index contributed by atoms with van der Waals surface area (Å²) in [5, 5.41) is 18.3. The van der Waals surface area contributed by atoms with E-state index in [1.54, 1.807) is 4.68 Å². The molecule has 1 heterocycles. The second-order valence-corrected chi connectivity index (χ2v) is 7.60. The van der Waals surface area contributed by atoms with Crippen molar-refractivity contribution in [2.45, 2.75) is 70.1 Å². The zero-order valence-corrected chi connectivity index (χ0v) is 14.5. The molecule has 0 saturated heterocycles. The molecule has 1 rings (SSSR count). The summed E-state index contributed by atoms with van der Waals surface area (Å²) < 4.78 is 1.72. The molecule has 1 amide bonds. The fraction of sp³-hybridized carbons (Fsp3) is 0.846. The summed E-state index contributed by atoms with van der Waals surface area (Å²) in [6, 6.07) is 0.425. The van der Waals surface area contributed by atoms with Crippen LogP contribution < -0.4 is 10.6 Å².